The van der Waals surface area contributed by atoms with Crippen LogP contribution >= 0.6 is 11.6 Å². The van der Waals surface area contributed by atoms with E-state index in [0.717, 1.165) is 0 Å². The van der Waals surface area contributed by atoms with Crippen LogP contribution in [-0.2, 0) is 4.74 Å². The maximum Gasteiger partial charge on any atom is 0.0845 e. The van der Waals surface area contributed by atoms with Gasteiger partial charge in [-0.1, -0.05) is 0 Å². The summed E-state index contributed by atoms with van der Waals surface area (Å²) in [5, 5.41) is 0. The number of alkyl halides is 1. The Kier molecular flexibility index (Phi) is 5.69. The van der Waals surface area contributed by atoms with E-state index in [1.165, 1.54) is 0 Å². The Labute approximate surface area is 48.9 Å². The first-order valence-electron chi connectivity index (χ1n) is 2.24. The molecule has 0 rings (SSSR count). The van der Waals surface area contributed by atoms with Gasteiger partial charge >= 0.3 is 0 Å². The summed E-state index contributed by atoms with van der Waals surface area (Å²) in [5.74, 6) is 0.528. The minimum absolute atomic E-state index is 0.528. The fraction of sp³-hybridized carbons (Fsp3) is 0.600. The van der Waals surface area contributed by atoms with Crippen molar-refractivity contribution in [2.75, 3.05) is 12.5 Å². The van der Waals surface area contributed by atoms with Gasteiger partial charge in [0.2, 0.25) is 0 Å². The van der Waals surface area contributed by atoms with Crippen LogP contribution in [0, 0.1) is 0 Å². The normalized spacial score (nSPS) is 10.0. The van der Waals surface area contributed by atoms with E-state index in [0.29, 0.717) is 12.5 Å². The zero-order valence-corrected chi connectivity index (χ0v) is 5.11. The molecule has 7 heavy (non-hydrogen) atoms. The van der Waals surface area contributed by atoms with E-state index in [9.17, 15) is 0 Å². The third-order valence-electron chi connectivity index (χ3n) is 0.448. The molecule has 0 aromatic rings. The molecule has 0 saturated heterocycles. The van der Waals surface area contributed by atoms with Crippen molar-refractivity contribution in [1.82, 2.24) is 0 Å². The summed E-state index contributed by atoms with van der Waals surface area (Å²) in [5.41, 5.74) is 0. The van der Waals surface area contributed by atoms with E-state index in [2.05, 4.69) is 0 Å². The molecule has 2 heteroatoms. The number of allylic oxidation sites excluding steroid dienone is 1. The summed E-state index contributed by atoms with van der Waals surface area (Å²) in [6.07, 6.45) is 3.36. The molecule has 0 atom stereocenters. The highest BCUT2D eigenvalue weighted by Crippen LogP contribution is 1.78. The monoisotopic (exact) mass is 120 g/mol. The lowest BCUT2D eigenvalue weighted by Gasteiger charge is -1.87. The first-order chi connectivity index (χ1) is 3.41. The van der Waals surface area contributed by atoms with Crippen molar-refractivity contribution in [3.63, 3.8) is 0 Å². The van der Waals surface area contributed by atoms with Crippen LogP contribution < -0.4 is 0 Å². The first-order valence-corrected chi connectivity index (χ1v) is 2.77. The average molecular weight is 121 g/mol. The van der Waals surface area contributed by atoms with Crippen LogP contribution in [0.25, 0.3) is 0 Å². The minimum Gasteiger partial charge on any atom is -0.502 e. The average Bonchev–Trinajstić information content (AvgIpc) is 1.69. The molecule has 0 aliphatic carbocycles. The molecule has 0 aromatic heterocycles. The summed E-state index contributed by atoms with van der Waals surface area (Å²) >= 11 is 5.27. The van der Waals surface area contributed by atoms with Gasteiger partial charge in [-0.2, -0.15) is 0 Å². The van der Waals surface area contributed by atoms with E-state index in [1.54, 1.807) is 12.3 Å². The summed E-state index contributed by atoms with van der Waals surface area (Å²) in [7, 11) is 0. The highest BCUT2D eigenvalue weighted by atomic mass is 35.5. The molecule has 0 N–H and O–H groups in total. The van der Waals surface area contributed by atoms with Gasteiger partial charge in [0.25, 0.3) is 0 Å². The molecule has 0 aliphatic heterocycles. The lowest BCUT2D eigenvalue weighted by molar-refractivity contribution is 0.269. The third kappa shape index (κ3) is 5.83. The summed E-state index contributed by atoms with van der Waals surface area (Å²) in [6.45, 7) is 2.64. The van der Waals surface area contributed by atoms with Crippen molar-refractivity contribution in [1.29, 1.82) is 0 Å². The molecule has 0 bridgehead atoms. The van der Waals surface area contributed by atoms with Gasteiger partial charge in [-0.3, -0.25) is 0 Å². The quantitative estimate of drug-likeness (QED) is 0.408. The van der Waals surface area contributed by atoms with Crippen LogP contribution in [0.3, 0.4) is 0 Å². The topological polar surface area (TPSA) is 9.23 Å². The third-order valence-corrected chi connectivity index (χ3v) is 0.626. The van der Waals surface area contributed by atoms with E-state index in [1.807, 2.05) is 6.92 Å². The fourth-order valence-corrected chi connectivity index (χ4v) is 0.273. The zero-order chi connectivity index (χ0) is 5.54. The van der Waals surface area contributed by atoms with Crippen molar-refractivity contribution in [2.24, 2.45) is 0 Å². The molecule has 0 aromatic carbocycles. The summed E-state index contributed by atoms with van der Waals surface area (Å²) < 4.78 is 4.81. The number of hydrogen-bond acceptors (Lipinski definition) is 1. The number of ether oxygens (including phenoxy) is 1. The maximum absolute atomic E-state index is 5.27. The van der Waals surface area contributed by atoms with Gasteiger partial charge in [-0.25, -0.2) is 0 Å². The summed E-state index contributed by atoms with van der Waals surface area (Å²) in [4.78, 5) is 0. The predicted molar refractivity (Wildman–Crippen MR) is 31.5 cm³/mol. The lowest BCUT2D eigenvalue weighted by atomic mass is 10.7. The zero-order valence-electron chi connectivity index (χ0n) is 4.36. The molecule has 0 fully saturated rings. The van der Waals surface area contributed by atoms with Crippen LogP contribution in [0.1, 0.15) is 6.92 Å². The minimum atomic E-state index is 0.528. The second-order valence-electron chi connectivity index (χ2n) is 0.981. The predicted octanol–water partition coefficient (Wildman–Crippen LogP) is 1.78. The highest BCUT2D eigenvalue weighted by molar-refractivity contribution is 6.18. The van der Waals surface area contributed by atoms with Crippen molar-refractivity contribution in [3.05, 3.63) is 12.3 Å². The van der Waals surface area contributed by atoms with Gasteiger partial charge in [0, 0.05) is 5.88 Å². The molecule has 1 nitrogen and oxygen atoms in total. The van der Waals surface area contributed by atoms with Gasteiger partial charge in [0.15, 0.2) is 0 Å². The van der Waals surface area contributed by atoms with Crippen LogP contribution in [0.5, 0.6) is 0 Å². The SMILES string of the molecule is CCOC=CCCl. The maximum atomic E-state index is 5.27. The van der Waals surface area contributed by atoms with Gasteiger partial charge in [0.05, 0.1) is 12.9 Å². The Balaban J connectivity index is 2.78. The molecular weight excluding hydrogens is 112 g/mol. The molecular formula is C5H9ClO. The molecule has 0 spiro atoms. The molecule has 0 radical (unpaired) electrons. The molecule has 0 amide bonds. The molecule has 0 unspecified atom stereocenters. The van der Waals surface area contributed by atoms with Crippen molar-refractivity contribution >= 4 is 11.6 Å². The Morgan fingerprint density at radius 3 is 2.86 bits per heavy atom. The summed E-state index contributed by atoms with van der Waals surface area (Å²) in [6, 6.07) is 0. The van der Waals surface area contributed by atoms with Gasteiger partial charge in [0.1, 0.15) is 0 Å². The Morgan fingerprint density at radius 1 is 1.71 bits per heavy atom. The second-order valence-corrected chi connectivity index (χ2v) is 1.29. The van der Waals surface area contributed by atoms with Crippen molar-refractivity contribution in [3.8, 4) is 0 Å². The lowest BCUT2D eigenvalue weighted by Crippen LogP contribution is -1.75. The van der Waals surface area contributed by atoms with E-state index < -0.39 is 0 Å². The van der Waals surface area contributed by atoms with Gasteiger partial charge in [-0.05, 0) is 13.0 Å². The van der Waals surface area contributed by atoms with Crippen LogP contribution in [0.4, 0.5) is 0 Å². The van der Waals surface area contributed by atoms with Gasteiger partial charge < -0.3 is 4.74 Å². The standard InChI is InChI=1S/C5H9ClO/c1-2-7-5-3-4-6/h3,5H,2,4H2,1H3. The number of halogens is 1. The first kappa shape index (κ1) is 6.83. The van der Waals surface area contributed by atoms with E-state index in [-0.39, 0.29) is 0 Å². The Bertz CT molecular complexity index is 52.0. The number of rotatable bonds is 3. The van der Waals surface area contributed by atoms with Crippen molar-refractivity contribution in [2.45, 2.75) is 6.92 Å². The van der Waals surface area contributed by atoms with Gasteiger partial charge in [-0.15, -0.1) is 11.6 Å². The Morgan fingerprint density at radius 2 is 2.43 bits per heavy atom. The Hall–Kier alpha value is -0.170. The van der Waals surface area contributed by atoms with E-state index in [4.69, 9.17) is 16.3 Å². The van der Waals surface area contributed by atoms with Crippen LogP contribution in [0.2, 0.25) is 0 Å². The fourth-order valence-electron chi connectivity index (χ4n) is 0.201. The molecule has 0 saturated carbocycles. The van der Waals surface area contributed by atoms with Crippen molar-refractivity contribution < 1.29 is 4.74 Å². The van der Waals surface area contributed by atoms with Crippen LogP contribution in [0.15, 0.2) is 12.3 Å². The molecule has 0 aliphatic rings. The smallest absolute Gasteiger partial charge is 0.0845 e. The van der Waals surface area contributed by atoms with E-state index >= 15 is 0 Å². The number of hydrogen-bond donors (Lipinski definition) is 0. The molecule has 42 valence electrons. The largest absolute Gasteiger partial charge is 0.502 e. The van der Waals surface area contributed by atoms with Crippen LogP contribution in [-0.4, -0.2) is 12.5 Å². The highest BCUT2D eigenvalue weighted by Gasteiger charge is 1.66. The molecule has 0 heterocycles. The second kappa shape index (κ2) is 5.83.